The Labute approximate surface area is 167 Å². The lowest BCUT2D eigenvalue weighted by Crippen LogP contribution is -2.26. The minimum Gasteiger partial charge on any atom is -0.462 e. The van der Waals surface area contributed by atoms with Gasteiger partial charge in [0.05, 0.1) is 6.10 Å². The molecular formula is C22H37O4P. The van der Waals surface area contributed by atoms with Gasteiger partial charge < -0.3 is 9.26 Å². The summed E-state index contributed by atoms with van der Waals surface area (Å²) in [6.45, 7) is 2.20. The van der Waals surface area contributed by atoms with Crippen molar-refractivity contribution in [2.45, 2.75) is 103 Å². The summed E-state index contributed by atoms with van der Waals surface area (Å²) in [4.78, 5) is 24.4. The number of esters is 1. The third kappa shape index (κ3) is 7.66. The van der Waals surface area contributed by atoms with Crippen LogP contribution in [0.25, 0.3) is 0 Å². The monoisotopic (exact) mass is 396 g/mol. The number of allylic oxidation sites excluding steroid dienone is 2. The maximum Gasteiger partial charge on any atom is 0.306 e. The van der Waals surface area contributed by atoms with Crippen LogP contribution in [0.15, 0.2) is 12.2 Å². The van der Waals surface area contributed by atoms with Gasteiger partial charge in [0.25, 0.3) is 0 Å². The zero-order valence-corrected chi connectivity index (χ0v) is 18.0. The van der Waals surface area contributed by atoms with Crippen molar-refractivity contribution in [1.29, 1.82) is 0 Å². The number of Topliss-reactive ketones (excluding diaryl/α,β-unsaturated/α-hetero) is 1. The van der Waals surface area contributed by atoms with Crippen LogP contribution in [-0.4, -0.2) is 24.0 Å². The third-order valence-electron chi connectivity index (χ3n) is 6.07. The first-order valence-electron chi connectivity index (χ1n) is 10.9. The van der Waals surface area contributed by atoms with E-state index in [1.165, 1.54) is 19.3 Å². The highest BCUT2D eigenvalue weighted by molar-refractivity contribution is 7.09. The van der Waals surface area contributed by atoms with E-state index in [1.54, 1.807) is 0 Å². The summed E-state index contributed by atoms with van der Waals surface area (Å²) in [6.07, 6.45) is 16.3. The number of hydrogen-bond acceptors (Lipinski definition) is 4. The normalized spacial score (nSPS) is 29.8. The predicted molar refractivity (Wildman–Crippen MR) is 111 cm³/mol. The van der Waals surface area contributed by atoms with E-state index in [2.05, 4.69) is 28.5 Å². The predicted octanol–water partition coefficient (Wildman–Crippen LogP) is 5.55. The van der Waals surface area contributed by atoms with Crippen LogP contribution in [0.5, 0.6) is 0 Å². The minimum absolute atomic E-state index is 0.0457. The molecule has 1 saturated carbocycles. The second-order valence-corrected chi connectivity index (χ2v) is 8.38. The van der Waals surface area contributed by atoms with Gasteiger partial charge >= 0.3 is 5.97 Å². The Morgan fingerprint density at radius 1 is 1.22 bits per heavy atom. The first kappa shape index (κ1) is 22.6. The molecule has 0 N–H and O–H groups in total. The van der Waals surface area contributed by atoms with Crippen LogP contribution in [0.2, 0.25) is 0 Å². The zero-order chi connectivity index (χ0) is 19.5. The summed E-state index contributed by atoms with van der Waals surface area (Å²) < 4.78 is 11.4. The lowest BCUT2D eigenvalue weighted by atomic mass is 9.85. The van der Waals surface area contributed by atoms with Crippen LogP contribution in [-0.2, 0) is 18.8 Å². The lowest BCUT2D eigenvalue weighted by Gasteiger charge is -2.25. The van der Waals surface area contributed by atoms with Gasteiger partial charge in [-0.3, -0.25) is 9.59 Å². The Morgan fingerprint density at radius 3 is 2.81 bits per heavy atom. The second kappa shape index (κ2) is 12.7. The Kier molecular flexibility index (Phi) is 10.6. The number of fused-ring (bicyclic) bond motifs is 1. The second-order valence-electron chi connectivity index (χ2n) is 8.11. The summed E-state index contributed by atoms with van der Waals surface area (Å²) in [6, 6.07) is 0. The molecule has 1 unspecified atom stereocenters. The third-order valence-corrected chi connectivity index (χ3v) is 6.42. The average Bonchev–Trinajstić information content (AvgIpc) is 2.99. The molecule has 1 aliphatic carbocycles. The molecule has 1 fully saturated rings. The molecule has 2 rings (SSSR count). The number of ketones is 1. The molecule has 0 amide bonds. The fourth-order valence-corrected chi connectivity index (χ4v) is 4.80. The molecule has 1 heterocycles. The van der Waals surface area contributed by atoms with Gasteiger partial charge in [-0.2, -0.15) is 0 Å². The van der Waals surface area contributed by atoms with E-state index in [9.17, 15) is 9.59 Å². The van der Waals surface area contributed by atoms with Crippen LogP contribution >= 0.6 is 9.47 Å². The van der Waals surface area contributed by atoms with E-state index in [4.69, 9.17) is 9.26 Å². The first-order chi connectivity index (χ1) is 13.2. The van der Waals surface area contributed by atoms with Gasteiger partial charge in [0.15, 0.2) is 0 Å². The van der Waals surface area contributed by atoms with E-state index in [-0.39, 0.29) is 30.0 Å². The summed E-state index contributed by atoms with van der Waals surface area (Å²) in [5.41, 5.74) is 0. The van der Waals surface area contributed by atoms with E-state index in [1.807, 2.05) is 0 Å². The molecule has 1 aliphatic heterocycles. The summed E-state index contributed by atoms with van der Waals surface area (Å²) >= 11 is 0. The van der Waals surface area contributed by atoms with Crippen LogP contribution in [0.4, 0.5) is 0 Å². The molecule has 4 nitrogen and oxygen atoms in total. The highest BCUT2D eigenvalue weighted by Crippen LogP contribution is 2.42. The molecule has 0 spiro atoms. The molecular weight excluding hydrogens is 359 g/mol. The summed E-state index contributed by atoms with van der Waals surface area (Å²) in [5, 5.41) is 0. The maximum absolute atomic E-state index is 12.3. The highest BCUT2D eigenvalue weighted by Gasteiger charge is 2.44. The fraction of sp³-hybridized carbons (Fsp3) is 0.818. The first-order valence-corrected chi connectivity index (χ1v) is 11.3. The van der Waals surface area contributed by atoms with Gasteiger partial charge in [0.1, 0.15) is 11.9 Å². The molecule has 0 bridgehead atoms. The number of ether oxygens (including phenoxy) is 1. The van der Waals surface area contributed by atoms with Crippen molar-refractivity contribution in [3.05, 3.63) is 12.2 Å². The van der Waals surface area contributed by atoms with Crippen molar-refractivity contribution in [2.24, 2.45) is 11.8 Å². The Balaban J connectivity index is 1.87. The number of rotatable bonds is 10. The summed E-state index contributed by atoms with van der Waals surface area (Å²) in [7, 11) is 2.37. The topological polar surface area (TPSA) is 52.6 Å². The molecule has 0 radical (unpaired) electrons. The van der Waals surface area contributed by atoms with E-state index in [0.29, 0.717) is 25.0 Å². The molecule has 0 aromatic heterocycles. The van der Waals surface area contributed by atoms with Gasteiger partial charge in [-0.05, 0) is 38.0 Å². The number of hydrogen-bond donors (Lipinski definition) is 0. The fourth-order valence-electron chi connectivity index (χ4n) is 4.49. The number of carbonyl (C=O) groups excluding carboxylic acids is 2. The Morgan fingerprint density at radius 2 is 2.04 bits per heavy atom. The molecule has 2 aliphatic rings. The van der Waals surface area contributed by atoms with Crippen molar-refractivity contribution < 1.29 is 18.8 Å². The van der Waals surface area contributed by atoms with Crippen LogP contribution in [0, 0.1) is 11.8 Å². The zero-order valence-electron chi connectivity index (χ0n) is 16.9. The molecule has 0 aromatic rings. The van der Waals surface area contributed by atoms with E-state index in [0.717, 1.165) is 44.9 Å². The van der Waals surface area contributed by atoms with Crippen molar-refractivity contribution in [2.75, 3.05) is 0 Å². The smallest absolute Gasteiger partial charge is 0.306 e. The highest BCUT2D eigenvalue weighted by atomic mass is 31.0. The molecule has 0 aromatic carbocycles. The lowest BCUT2D eigenvalue weighted by molar-refractivity contribution is -0.151. The minimum atomic E-state index is -0.0911. The largest absolute Gasteiger partial charge is 0.462 e. The van der Waals surface area contributed by atoms with Gasteiger partial charge in [-0.1, -0.05) is 44.8 Å². The Hall–Kier alpha value is -0.730. The Bertz CT molecular complexity index is 491. The van der Waals surface area contributed by atoms with Crippen molar-refractivity contribution in [3.8, 4) is 0 Å². The van der Waals surface area contributed by atoms with Crippen molar-refractivity contribution in [1.82, 2.24) is 0 Å². The SMILES string of the molecule is CCCCCCCC(=O)CC[C@@H]1[C@H]2C/C=C\CCCC(=O)O[C@H]2C[C@H]1OP. The van der Waals surface area contributed by atoms with E-state index >= 15 is 0 Å². The number of unbranched alkanes of at least 4 members (excludes halogenated alkanes) is 4. The van der Waals surface area contributed by atoms with Crippen LogP contribution < -0.4 is 0 Å². The van der Waals surface area contributed by atoms with Crippen molar-refractivity contribution in [3.63, 3.8) is 0 Å². The van der Waals surface area contributed by atoms with Crippen molar-refractivity contribution >= 4 is 21.2 Å². The summed E-state index contributed by atoms with van der Waals surface area (Å²) in [5.74, 6) is 0.802. The standard InChI is InChI=1S/C22H37O4P/c1-2-3-4-5-8-11-17(23)14-15-19-18-12-9-6-7-10-13-22(24)25-20(18)16-21(19)26-27/h6,9,18-21H,2-5,7-8,10-16,27H2,1H3/b9-6-/t18-,19-,20+,21-/m1/s1. The molecule has 27 heavy (non-hydrogen) atoms. The maximum atomic E-state index is 12.3. The number of carbonyl (C=O) groups is 2. The van der Waals surface area contributed by atoms with Gasteiger partial charge in [-0.25, -0.2) is 0 Å². The molecule has 5 heteroatoms. The quantitative estimate of drug-likeness (QED) is 0.210. The molecule has 5 atom stereocenters. The molecule has 0 saturated heterocycles. The average molecular weight is 397 g/mol. The van der Waals surface area contributed by atoms with Gasteiger partial charge in [0.2, 0.25) is 0 Å². The van der Waals surface area contributed by atoms with Gasteiger partial charge in [-0.15, -0.1) is 0 Å². The van der Waals surface area contributed by atoms with Crippen LogP contribution in [0.3, 0.4) is 0 Å². The van der Waals surface area contributed by atoms with Gasteiger partial charge in [0, 0.05) is 41.1 Å². The van der Waals surface area contributed by atoms with E-state index < -0.39 is 0 Å². The van der Waals surface area contributed by atoms with Crippen LogP contribution in [0.1, 0.15) is 90.4 Å². The molecule has 154 valence electrons.